The lowest BCUT2D eigenvalue weighted by Gasteiger charge is -2.20. The normalized spacial score (nSPS) is 11.5. The zero-order valence-corrected chi connectivity index (χ0v) is 13.7. The van der Waals surface area contributed by atoms with Gasteiger partial charge < -0.3 is 14.4 Å². The average molecular weight is 275 g/mol. The summed E-state index contributed by atoms with van der Waals surface area (Å²) >= 11 is 0. The van der Waals surface area contributed by atoms with Crippen LogP contribution in [0.5, 0.6) is 0 Å². The Balaban J connectivity index is 0. The lowest BCUT2D eigenvalue weighted by Crippen LogP contribution is -2.34. The Kier molecular flexibility index (Phi) is 16.8. The molecule has 0 saturated carbocycles. The number of ether oxygens (including phenoxy) is 2. The minimum Gasteiger partial charge on any atom is -0.379 e. The van der Waals surface area contributed by atoms with Crippen molar-refractivity contribution in [3.63, 3.8) is 0 Å². The molecule has 0 aliphatic heterocycles. The van der Waals surface area contributed by atoms with Gasteiger partial charge in [0.25, 0.3) is 0 Å². The highest BCUT2D eigenvalue weighted by molar-refractivity contribution is 5.78. The van der Waals surface area contributed by atoms with E-state index < -0.39 is 0 Å². The molecule has 1 atom stereocenters. The van der Waals surface area contributed by atoms with E-state index in [4.69, 9.17) is 9.47 Å². The van der Waals surface area contributed by atoms with E-state index in [1.807, 2.05) is 34.7 Å². The fourth-order valence-corrected chi connectivity index (χ4v) is 1.33. The van der Waals surface area contributed by atoms with Crippen LogP contribution in [0.15, 0.2) is 0 Å². The van der Waals surface area contributed by atoms with Crippen LogP contribution in [0.25, 0.3) is 0 Å². The molecule has 0 saturated heterocycles. The molecule has 0 radical (unpaired) electrons. The Morgan fingerprint density at radius 1 is 1.05 bits per heavy atom. The fourth-order valence-electron chi connectivity index (χ4n) is 1.33. The molecule has 0 spiro atoms. The summed E-state index contributed by atoms with van der Waals surface area (Å²) in [6, 6.07) is 0. The maximum absolute atomic E-state index is 11.7. The van der Waals surface area contributed by atoms with Crippen LogP contribution >= 0.6 is 0 Å². The highest BCUT2D eigenvalue weighted by Crippen LogP contribution is 2.04. The van der Waals surface area contributed by atoms with E-state index >= 15 is 0 Å². The maximum Gasteiger partial charge on any atom is 0.225 e. The molecular formula is C15H33NO3. The van der Waals surface area contributed by atoms with Crippen LogP contribution in [0, 0.1) is 5.92 Å². The molecule has 0 N–H and O–H groups in total. The van der Waals surface area contributed by atoms with Crippen LogP contribution in [0.4, 0.5) is 0 Å². The number of carbonyl (C=O) groups is 1. The molecule has 4 nitrogen and oxygen atoms in total. The lowest BCUT2D eigenvalue weighted by molar-refractivity contribution is -0.134. The topological polar surface area (TPSA) is 38.8 Å². The predicted molar refractivity (Wildman–Crippen MR) is 80.4 cm³/mol. The van der Waals surface area contributed by atoms with E-state index in [1.54, 1.807) is 4.90 Å². The van der Waals surface area contributed by atoms with Gasteiger partial charge in [-0.1, -0.05) is 34.6 Å². The van der Waals surface area contributed by atoms with Gasteiger partial charge in [0.05, 0.1) is 19.8 Å². The summed E-state index contributed by atoms with van der Waals surface area (Å²) in [5, 5.41) is 0. The van der Waals surface area contributed by atoms with Gasteiger partial charge in [-0.2, -0.15) is 0 Å². The molecule has 0 bridgehead atoms. The Morgan fingerprint density at radius 3 is 2.05 bits per heavy atom. The van der Waals surface area contributed by atoms with E-state index in [1.165, 1.54) is 0 Å². The third kappa shape index (κ3) is 12.2. The first-order valence-electron chi connectivity index (χ1n) is 7.53. The standard InChI is InChI=1S/C13H27NO3.C2H6/c1-5-8-16-10-11-17-9-7-14(4)13(15)12(3)6-2;1-2/h12H,5-11H2,1-4H3;1-2H3. The van der Waals surface area contributed by atoms with Gasteiger partial charge in [0.2, 0.25) is 5.91 Å². The molecule has 1 amide bonds. The van der Waals surface area contributed by atoms with Crippen LogP contribution in [-0.2, 0) is 14.3 Å². The highest BCUT2D eigenvalue weighted by Gasteiger charge is 2.14. The van der Waals surface area contributed by atoms with Gasteiger partial charge in [-0.25, -0.2) is 0 Å². The minimum absolute atomic E-state index is 0.105. The van der Waals surface area contributed by atoms with E-state index in [0.29, 0.717) is 26.4 Å². The summed E-state index contributed by atoms with van der Waals surface area (Å²) in [4.78, 5) is 13.5. The Hall–Kier alpha value is -0.610. The second-order valence-electron chi connectivity index (χ2n) is 4.29. The van der Waals surface area contributed by atoms with Gasteiger partial charge in [0.15, 0.2) is 0 Å². The molecule has 19 heavy (non-hydrogen) atoms. The SMILES string of the molecule is CC.CCCOCCOCCN(C)C(=O)C(C)CC. The van der Waals surface area contributed by atoms with Gasteiger partial charge in [0, 0.05) is 26.1 Å². The summed E-state index contributed by atoms with van der Waals surface area (Å²) < 4.78 is 10.7. The summed E-state index contributed by atoms with van der Waals surface area (Å²) in [6.45, 7) is 13.3. The molecule has 0 rings (SSSR count). The van der Waals surface area contributed by atoms with Gasteiger partial charge in [-0.3, -0.25) is 4.79 Å². The zero-order chi connectivity index (χ0) is 15.1. The van der Waals surface area contributed by atoms with Crippen LogP contribution in [-0.4, -0.2) is 50.8 Å². The van der Waals surface area contributed by atoms with Crippen molar-refractivity contribution in [2.45, 2.75) is 47.5 Å². The molecular weight excluding hydrogens is 242 g/mol. The van der Waals surface area contributed by atoms with Crippen molar-refractivity contribution in [1.29, 1.82) is 0 Å². The first-order chi connectivity index (χ1) is 9.13. The maximum atomic E-state index is 11.7. The molecule has 0 aromatic heterocycles. The van der Waals surface area contributed by atoms with Gasteiger partial charge in [-0.05, 0) is 12.8 Å². The van der Waals surface area contributed by atoms with Crippen molar-refractivity contribution in [3.8, 4) is 0 Å². The smallest absolute Gasteiger partial charge is 0.225 e. The minimum atomic E-state index is 0.105. The molecule has 0 aliphatic carbocycles. The number of amides is 1. The number of rotatable bonds is 10. The molecule has 116 valence electrons. The molecule has 0 heterocycles. The third-order valence-electron chi connectivity index (χ3n) is 2.70. The Labute approximate surface area is 119 Å². The van der Waals surface area contributed by atoms with Crippen LogP contribution < -0.4 is 0 Å². The summed E-state index contributed by atoms with van der Waals surface area (Å²) in [6.07, 6.45) is 1.92. The van der Waals surface area contributed by atoms with Gasteiger partial charge >= 0.3 is 0 Å². The Morgan fingerprint density at radius 2 is 1.58 bits per heavy atom. The van der Waals surface area contributed by atoms with E-state index in [9.17, 15) is 4.79 Å². The number of hydrogen-bond acceptors (Lipinski definition) is 3. The zero-order valence-electron chi connectivity index (χ0n) is 13.7. The molecule has 0 aromatic rings. The monoisotopic (exact) mass is 275 g/mol. The van der Waals surface area contributed by atoms with E-state index in [-0.39, 0.29) is 11.8 Å². The summed E-state index contributed by atoms with van der Waals surface area (Å²) in [5.41, 5.74) is 0. The predicted octanol–water partition coefficient (Wildman–Crippen LogP) is 2.96. The third-order valence-corrected chi connectivity index (χ3v) is 2.70. The average Bonchev–Trinajstić information content (AvgIpc) is 2.46. The molecule has 4 heteroatoms. The number of likely N-dealkylation sites (N-methyl/N-ethyl adjacent to an activating group) is 1. The second-order valence-corrected chi connectivity index (χ2v) is 4.29. The van der Waals surface area contributed by atoms with Crippen molar-refractivity contribution in [2.24, 2.45) is 5.92 Å². The number of carbonyl (C=O) groups excluding carboxylic acids is 1. The van der Waals surface area contributed by atoms with Crippen LogP contribution in [0.1, 0.15) is 47.5 Å². The van der Waals surface area contributed by atoms with Crippen molar-refractivity contribution in [3.05, 3.63) is 0 Å². The Bertz CT molecular complexity index is 198. The van der Waals surface area contributed by atoms with E-state index in [2.05, 4.69) is 6.92 Å². The van der Waals surface area contributed by atoms with Crippen molar-refractivity contribution >= 4 is 5.91 Å². The number of hydrogen-bond donors (Lipinski definition) is 0. The number of nitrogens with zero attached hydrogens (tertiary/aromatic N) is 1. The first kappa shape index (κ1) is 20.7. The van der Waals surface area contributed by atoms with Crippen molar-refractivity contribution < 1.29 is 14.3 Å². The van der Waals surface area contributed by atoms with Crippen molar-refractivity contribution in [1.82, 2.24) is 4.90 Å². The van der Waals surface area contributed by atoms with E-state index in [0.717, 1.165) is 19.4 Å². The molecule has 0 fully saturated rings. The molecule has 1 unspecified atom stereocenters. The molecule has 0 aliphatic rings. The first-order valence-corrected chi connectivity index (χ1v) is 7.53. The quantitative estimate of drug-likeness (QED) is 0.575. The largest absolute Gasteiger partial charge is 0.379 e. The summed E-state index contributed by atoms with van der Waals surface area (Å²) in [7, 11) is 1.82. The van der Waals surface area contributed by atoms with Gasteiger partial charge in [0.1, 0.15) is 0 Å². The molecule has 0 aromatic carbocycles. The van der Waals surface area contributed by atoms with Crippen LogP contribution in [0.3, 0.4) is 0 Å². The van der Waals surface area contributed by atoms with Gasteiger partial charge in [-0.15, -0.1) is 0 Å². The highest BCUT2D eigenvalue weighted by atomic mass is 16.5. The fraction of sp³-hybridized carbons (Fsp3) is 0.933. The van der Waals surface area contributed by atoms with Crippen LogP contribution in [0.2, 0.25) is 0 Å². The lowest BCUT2D eigenvalue weighted by atomic mass is 10.1. The van der Waals surface area contributed by atoms with Crippen molar-refractivity contribution in [2.75, 3.05) is 40.0 Å². The second kappa shape index (κ2) is 15.4. The summed E-state index contributed by atoms with van der Waals surface area (Å²) in [5.74, 6) is 0.297.